The molecule has 1 amide bonds. The molecule has 0 unspecified atom stereocenters. The summed E-state index contributed by atoms with van der Waals surface area (Å²) in [6, 6.07) is 13.7. The van der Waals surface area contributed by atoms with E-state index in [4.69, 9.17) is 4.74 Å². The Morgan fingerprint density at radius 3 is 2.27 bits per heavy atom. The second-order valence-electron chi connectivity index (χ2n) is 6.10. The third-order valence-electron chi connectivity index (χ3n) is 4.16. The minimum Gasteiger partial charge on any atom is -0.375 e. The molecule has 7 heteroatoms. The van der Waals surface area contributed by atoms with Crippen LogP contribution in [0.4, 0.5) is 0 Å². The van der Waals surface area contributed by atoms with Crippen molar-refractivity contribution in [1.82, 2.24) is 9.62 Å². The van der Waals surface area contributed by atoms with Crippen LogP contribution < -0.4 is 5.32 Å². The number of nitrogens with one attached hydrogen (secondary N) is 1. The zero-order chi connectivity index (χ0) is 19.3. The van der Waals surface area contributed by atoms with Gasteiger partial charge in [-0.05, 0) is 42.3 Å². The number of methoxy groups -OCH3 is 1. The highest BCUT2D eigenvalue weighted by atomic mass is 32.2. The van der Waals surface area contributed by atoms with Crippen molar-refractivity contribution in [3.8, 4) is 0 Å². The van der Waals surface area contributed by atoms with Crippen molar-refractivity contribution < 1.29 is 17.9 Å². The van der Waals surface area contributed by atoms with Gasteiger partial charge in [-0.3, -0.25) is 4.79 Å². The Morgan fingerprint density at radius 1 is 1.12 bits per heavy atom. The van der Waals surface area contributed by atoms with Crippen LogP contribution in [0.25, 0.3) is 0 Å². The quantitative estimate of drug-likeness (QED) is 0.805. The van der Waals surface area contributed by atoms with Crippen LogP contribution >= 0.6 is 0 Å². The molecular formula is C19H24N2O4S. The average Bonchev–Trinajstić information content (AvgIpc) is 2.63. The van der Waals surface area contributed by atoms with Gasteiger partial charge in [-0.25, -0.2) is 12.7 Å². The van der Waals surface area contributed by atoms with Crippen LogP contribution in [0, 0.1) is 6.92 Å². The van der Waals surface area contributed by atoms with Crippen LogP contribution in [0.2, 0.25) is 0 Å². The van der Waals surface area contributed by atoms with Crippen molar-refractivity contribution in [2.45, 2.75) is 17.9 Å². The number of carbonyl (C=O) groups is 1. The molecule has 0 aromatic heterocycles. The molecule has 0 bridgehead atoms. The topological polar surface area (TPSA) is 75.7 Å². The first-order valence-electron chi connectivity index (χ1n) is 8.16. The van der Waals surface area contributed by atoms with Gasteiger partial charge >= 0.3 is 0 Å². The Kier molecular flexibility index (Phi) is 6.52. The van der Waals surface area contributed by atoms with Crippen molar-refractivity contribution in [2.75, 3.05) is 27.7 Å². The molecule has 2 rings (SSSR count). The van der Waals surface area contributed by atoms with E-state index in [0.717, 1.165) is 15.4 Å². The molecule has 0 saturated heterocycles. The molecule has 1 N–H and O–H groups in total. The molecule has 0 aliphatic carbocycles. The number of rotatable bonds is 7. The monoisotopic (exact) mass is 376 g/mol. The molecule has 0 spiro atoms. The molecule has 1 atom stereocenters. The Bertz CT molecular complexity index is 861. The second-order valence-corrected chi connectivity index (χ2v) is 8.25. The van der Waals surface area contributed by atoms with Crippen molar-refractivity contribution in [1.29, 1.82) is 0 Å². The number of aryl methyl sites for hydroxylation is 1. The summed E-state index contributed by atoms with van der Waals surface area (Å²) < 4.78 is 30.8. The van der Waals surface area contributed by atoms with E-state index >= 15 is 0 Å². The van der Waals surface area contributed by atoms with Gasteiger partial charge in [0.05, 0.1) is 11.0 Å². The van der Waals surface area contributed by atoms with Crippen molar-refractivity contribution in [3.63, 3.8) is 0 Å². The summed E-state index contributed by atoms with van der Waals surface area (Å²) in [5.41, 5.74) is 2.50. The Morgan fingerprint density at radius 2 is 1.73 bits per heavy atom. The number of carbonyl (C=O) groups excluding carboxylic acids is 1. The molecule has 0 aliphatic heterocycles. The van der Waals surface area contributed by atoms with Crippen LogP contribution in [0.15, 0.2) is 53.4 Å². The smallest absolute Gasteiger partial charge is 0.251 e. The summed E-state index contributed by atoms with van der Waals surface area (Å²) >= 11 is 0. The summed E-state index contributed by atoms with van der Waals surface area (Å²) in [5, 5.41) is 2.83. The van der Waals surface area contributed by atoms with Crippen LogP contribution in [0.3, 0.4) is 0 Å². The first kappa shape index (κ1) is 20.1. The van der Waals surface area contributed by atoms with Crippen molar-refractivity contribution >= 4 is 15.9 Å². The molecule has 0 fully saturated rings. The van der Waals surface area contributed by atoms with Gasteiger partial charge in [0.1, 0.15) is 0 Å². The minimum absolute atomic E-state index is 0.147. The first-order chi connectivity index (χ1) is 12.3. The first-order valence-corrected chi connectivity index (χ1v) is 9.60. The fraction of sp³-hybridized carbons (Fsp3) is 0.316. The predicted molar refractivity (Wildman–Crippen MR) is 101 cm³/mol. The summed E-state index contributed by atoms with van der Waals surface area (Å²) in [7, 11) is 1.02. The SMILES string of the molecule is CO[C@H](CNC(=O)c1ccc(S(=O)(=O)N(C)C)cc1)c1ccccc1C. The molecule has 140 valence electrons. The van der Waals surface area contributed by atoms with E-state index in [-0.39, 0.29) is 16.9 Å². The third kappa shape index (κ3) is 4.49. The van der Waals surface area contributed by atoms with Crippen LogP contribution in [-0.4, -0.2) is 46.4 Å². The molecule has 6 nitrogen and oxygen atoms in total. The number of benzene rings is 2. The fourth-order valence-corrected chi connectivity index (χ4v) is 3.45. The van der Waals surface area contributed by atoms with E-state index in [1.165, 1.54) is 38.4 Å². The minimum atomic E-state index is -3.51. The molecule has 2 aromatic carbocycles. The molecule has 0 saturated carbocycles. The Balaban J connectivity index is 2.07. The van der Waals surface area contributed by atoms with Crippen LogP contribution in [-0.2, 0) is 14.8 Å². The number of hydrogen-bond donors (Lipinski definition) is 1. The van der Waals surface area contributed by atoms with Gasteiger partial charge in [0.25, 0.3) is 5.91 Å². The normalized spacial score (nSPS) is 12.8. The third-order valence-corrected chi connectivity index (χ3v) is 5.99. The van der Waals surface area contributed by atoms with Gasteiger partial charge in [0.2, 0.25) is 10.0 Å². The molecule has 0 radical (unpaired) electrons. The van der Waals surface area contributed by atoms with Gasteiger partial charge in [0.15, 0.2) is 0 Å². The zero-order valence-corrected chi connectivity index (χ0v) is 16.2. The molecule has 0 heterocycles. The lowest BCUT2D eigenvalue weighted by Gasteiger charge is -2.18. The molecule has 0 aliphatic rings. The highest BCUT2D eigenvalue weighted by Crippen LogP contribution is 2.20. The van der Waals surface area contributed by atoms with Gasteiger partial charge in [-0.1, -0.05) is 24.3 Å². The summed E-state index contributed by atoms with van der Waals surface area (Å²) in [6.07, 6.45) is -0.256. The van der Waals surface area contributed by atoms with E-state index in [9.17, 15) is 13.2 Å². The molecular weight excluding hydrogens is 352 g/mol. The average molecular weight is 376 g/mol. The fourth-order valence-electron chi connectivity index (χ4n) is 2.54. The van der Waals surface area contributed by atoms with E-state index in [0.29, 0.717) is 12.1 Å². The largest absolute Gasteiger partial charge is 0.375 e. The van der Waals surface area contributed by atoms with E-state index in [2.05, 4.69) is 5.32 Å². The lowest BCUT2D eigenvalue weighted by Crippen LogP contribution is -2.29. The highest BCUT2D eigenvalue weighted by Gasteiger charge is 2.18. The summed E-state index contributed by atoms with van der Waals surface area (Å²) in [6.45, 7) is 2.31. The van der Waals surface area contributed by atoms with Crippen molar-refractivity contribution in [2.24, 2.45) is 0 Å². The number of nitrogens with zero attached hydrogens (tertiary/aromatic N) is 1. The molecule has 26 heavy (non-hydrogen) atoms. The highest BCUT2D eigenvalue weighted by molar-refractivity contribution is 7.89. The van der Waals surface area contributed by atoms with E-state index in [1.807, 2.05) is 31.2 Å². The Labute approximate surface area is 154 Å². The van der Waals surface area contributed by atoms with Crippen LogP contribution in [0.1, 0.15) is 27.6 Å². The van der Waals surface area contributed by atoms with E-state index < -0.39 is 10.0 Å². The summed E-state index contributed by atoms with van der Waals surface area (Å²) in [5.74, 6) is -0.283. The number of amides is 1. The number of hydrogen-bond acceptors (Lipinski definition) is 4. The lowest BCUT2D eigenvalue weighted by atomic mass is 10.0. The zero-order valence-electron chi connectivity index (χ0n) is 15.4. The van der Waals surface area contributed by atoms with E-state index in [1.54, 1.807) is 7.11 Å². The molecule has 2 aromatic rings. The Hall–Kier alpha value is -2.22. The predicted octanol–water partition coefficient (Wildman–Crippen LogP) is 2.36. The second kappa shape index (κ2) is 8.44. The van der Waals surface area contributed by atoms with Gasteiger partial charge in [-0.15, -0.1) is 0 Å². The van der Waals surface area contributed by atoms with Gasteiger partial charge < -0.3 is 10.1 Å². The maximum atomic E-state index is 12.3. The van der Waals surface area contributed by atoms with Gasteiger partial charge in [-0.2, -0.15) is 0 Å². The number of ether oxygens (including phenoxy) is 1. The maximum Gasteiger partial charge on any atom is 0.251 e. The van der Waals surface area contributed by atoms with Crippen molar-refractivity contribution in [3.05, 3.63) is 65.2 Å². The van der Waals surface area contributed by atoms with Gasteiger partial charge in [0, 0.05) is 33.3 Å². The standard InChI is InChI=1S/C19H24N2O4S/c1-14-7-5-6-8-17(14)18(25-4)13-20-19(22)15-9-11-16(12-10-15)26(23,24)21(2)3/h5-12,18H,13H2,1-4H3,(H,20,22)/t18-/m1/s1. The summed E-state index contributed by atoms with van der Waals surface area (Å²) in [4.78, 5) is 12.5. The number of sulfonamides is 1. The maximum absolute atomic E-state index is 12.3. The van der Waals surface area contributed by atoms with Crippen LogP contribution in [0.5, 0.6) is 0 Å². The lowest BCUT2D eigenvalue weighted by molar-refractivity contribution is 0.0826.